The average Bonchev–Trinajstić information content (AvgIpc) is 2.66. The molecule has 0 bridgehead atoms. The minimum absolute atomic E-state index is 0.648. The number of hydrogen-bond donors (Lipinski definition) is 2. The number of imidazole rings is 1. The first-order valence-electron chi connectivity index (χ1n) is 6.09. The molecule has 0 amide bonds. The van der Waals surface area contributed by atoms with E-state index in [0.29, 0.717) is 12.1 Å². The number of aromatic nitrogens is 2. The Kier molecular flexibility index (Phi) is 3.61. The molecule has 0 radical (unpaired) electrons. The molecular weight excluding hydrogens is 200 g/mol. The van der Waals surface area contributed by atoms with E-state index in [4.69, 9.17) is 0 Å². The van der Waals surface area contributed by atoms with Crippen LogP contribution in [0.5, 0.6) is 0 Å². The summed E-state index contributed by atoms with van der Waals surface area (Å²) < 4.78 is 0. The van der Waals surface area contributed by atoms with E-state index in [9.17, 15) is 0 Å². The summed E-state index contributed by atoms with van der Waals surface area (Å²) in [6, 6.07) is 1.34. The van der Waals surface area contributed by atoms with Crippen LogP contribution in [0.25, 0.3) is 0 Å². The minimum atomic E-state index is 0.648. The first-order chi connectivity index (χ1) is 7.65. The lowest BCUT2D eigenvalue weighted by Gasteiger charge is -2.35. The molecule has 1 aliphatic rings. The van der Waals surface area contributed by atoms with Crippen LogP contribution < -0.4 is 5.32 Å². The van der Waals surface area contributed by atoms with Crippen molar-refractivity contribution in [3.63, 3.8) is 0 Å². The van der Waals surface area contributed by atoms with Gasteiger partial charge in [-0.15, -0.1) is 0 Å². The van der Waals surface area contributed by atoms with E-state index in [1.54, 1.807) is 0 Å². The summed E-state index contributed by atoms with van der Waals surface area (Å²) in [5.41, 5.74) is 1.18. The topological polar surface area (TPSA) is 44.0 Å². The summed E-state index contributed by atoms with van der Waals surface area (Å²) in [5.74, 6) is 0.994. The average molecular weight is 222 g/mol. The Balaban J connectivity index is 1.78. The summed E-state index contributed by atoms with van der Waals surface area (Å²) in [4.78, 5) is 9.88. The van der Waals surface area contributed by atoms with Crippen molar-refractivity contribution in [2.45, 2.75) is 45.3 Å². The number of nitrogens with zero attached hydrogens (tertiary/aromatic N) is 2. The van der Waals surface area contributed by atoms with Gasteiger partial charge in [0.05, 0.1) is 0 Å². The van der Waals surface area contributed by atoms with Crippen LogP contribution in [0.3, 0.4) is 0 Å². The summed E-state index contributed by atoms with van der Waals surface area (Å²) in [5, 5.41) is 3.60. The van der Waals surface area contributed by atoms with Gasteiger partial charge in [0, 0.05) is 30.5 Å². The van der Waals surface area contributed by atoms with Gasteiger partial charge in [0.25, 0.3) is 0 Å². The summed E-state index contributed by atoms with van der Waals surface area (Å²) >= 11 is 0. The monoisotopic (exact) mass is 222 g/mol. The number of rotatable bonds is 3. The maximum absolute atomic E-state index is 4.20. The molecule has 4 heteroatoms. The third kappa shape index (κ3) is 2.83. The number of likely N-dealkylation sites (tertiary alicyclic amines) is 1. The standard InChI is InChI=1S/C12H22N4/c1-9-6-11(4-5-16(9)3)14-8-12-7-13-10(2)15-12/h7,9,11,14H,4-6,8H2,1-3H3,(H,13,15). The molecule has 16 heavy (non-hydrogen) atoms. The Labute approximate surface area is 97.4 Å². The number of aromatic amines is 1. The van der Waals surface area contributed by atoms with Crippen molar-refractivity contribution < 1.29 is 0 Å². The molecule has 2 N–H and O–H groups in total. The number of piperidine rings is 1. The zero-order chi connectivity index (χ0) is 11.5. The quantitative estimate of drug-likeness (QED) is 0.810. The third-order valence-electron chi connectivity index (χ3n) is 3.55. The molecule has 2 unspecified atom stereocenters. The van der Waals surface area contributed by atoms with Gasteiger partial charge in [-0.1, -0.05) is 0 Å². The van der Waals surface area contributed by atoms with Crippen LogP contribution >= 0.6 is 0 Å². The van der Waals surface area contributed by atoms with Crippen LogP contribution in [0.4, 0.5) is 0 Å². The van der Waals surface area contributed by atoms with Gasteiger partial charge >= 0.3 is 0 Å². The van der Waals surface area contributed by atoms with Crippen molar-refractivity contribution in [3.8, 4) is 0 Å². The SMILES string of the molecule is Cc1ncc(CNC2CCN(C)C(C)C2)[nH]1. The van der Waals surface area contributed by atoms with E-state index >= 15 is 0 Å². The predicted octanol–water partition coefficient (Wildman–Crippen LogP) is 1.29. The van der Waals surface area contributed by atoms with E-state index < -0.39 is 0 Å². The lowest BCUT2D eigenvalue weighted by molar-refractivity contribution is 0.168. The molecule has 2 heterocycles. The molecule has 4 nitrogen and oxygen atoms in total. The minimum Gasteiger partial charge on any atom is -0.345 e. The fourth-order valence-electron chi connectivity index (χ4n) is 2.29. The normalized spacial score (nSPS) is 27.2. The molecule has 0 spiro atoms. The summed E-state index contributed by atoms with van der Waals surface area (Å²) in [7, 11) is 2.21. The Hall–Kier alpha value is -0.870. The van der Waals surface area contributed by atoms with Crippen molar-refractivity contribution in [1.82, 2.24) is 20.2 Å². The molecule has 90 valence electrons. The van der Waals surface area contributed by atoms with Crippen LogP contribution in [-0.2, 0) is 6.54 Å². The molecule has 1 fully saturated rings. The smallest absolute Gasteiger partial charge is 0.103 e. The van der Waals surface area contributed by atoms with E-state index in [1.807, 2.05) is 13.1 Å². The van der Waals surface area contributed by atoms with Crippen LogP contribution in [0.2, 0.25) is 0 Å². The fourth-order valence-corrected chi connectivity index (χ4v) is 2.29. The van der Waals surface area contributed by atoms with Crippen molar-refractivity contribution in [2.24, 2.45) is 0 Å². The molecule has 0 saturated carbocycles. The highest BCUT2D eigenvalue weighted by Crippen LogP contribution is 2.15. The van der Waals surface area contributed by atoms with Gasteiger partial charge in [-0.3, -0.25) is 0 Å². The maximum Gasteiger partial charge on any atom is 0.103 e. The Morgan fingerprint density at radius 2 is 2.44 bits per heavy atom. The molecule has 1 aliphatic heterocycles. The molecular formula is C12H22N4. The Morgan fingerprint density at radius 1 is 1.62 bits per heavy atom. The van der Waals surface area contributed by atoms with Gasteiger partial charge in [-0.2, -0.15) is 0 Å². The predicted molar refractivity (Wildman–Crippen MR) is 65.3 cm³/mol. The molecule has 2 rings (SSSR count). The number of nitrogens with one attached hydrogen (secondary N) is 2. The van der Waals surface area contributed by atoms with Crippen molar-refractivity contribution >= 4 is 0 Å². The second kappa shape index (κ2) is 4.97. The third-order valence-corrected chi connectivity index (χ3v) is 3.55. The summed E-state index contributed by atoms with van der Waals surface area (Å²) in [6.07, 6.45) is 4.40. The van der Waals surface area contributed by atoms with Crippen molar-refractivity contribution in [2.75, 3.05) is 13.6 Å². The lowest BCUT2D eigenvalue weighted by Crippen LogP contribution is -2.45. The maximum atomic E-state index is 4.20. The molecule has 0 aromatic carbocycles. The van der Waals surface area contributed by atoms with E-state index in [-0.39, 0.29) is 0 Å². The number of aryl methyl sites for hydroxylation is 1. The van der Waals surface area contributed by atoms with Crippen LogP contribution in [-0.4, -0.2) is 40.5 Å². The zero-order valence-electron chi connectivity index (χ0n) is 10.5. The first kappa shape index (κ1) is 11.6. The molecule has 1 aromatic rings. The Bertz CT molecular complexity index is 334. The molecule has 1 aromatic heterocycles. The van der Waals surface area contributed by atoms with Gasteiger partial charge in [0.15, 0.2) is 0 Å². The highest BCUT2D eigenvalue weighted by Gasteiger charge is 2.22. The first-order valence-corrected chi connectivity index (χ1v) is 6.09. The highest BCUT2D eigenvalue weighted by molar-refractivity contribution is 4.99. The number of hydrogen-bond acceptors (Lipinski definition) is 3. The van der Waals surface area contributed by atoms with Crippen molar-refractivity contribution in [1.29, 1.82) is 0 Å². The second-order valence-electron chi connectivity index (χ2n) is 4.93. The lowest BCUT2D eigenvalue weighted by atomic mass is 9.99. The fraction of sp³-hybridized carbons (Fsp3) is 0.750. The van der Waals surface area contributed by atoms with Crippen LogP contribution in [0.1, 0.15) is 31.3 Å². The molecule has 2 atom stereocenters. The van der Waals surface area contributed by atoms with Gasteiger partial charge in [-0.05, 0) is 40.3 Å². The number of H-pyrrole nitrogens is 1. The van der Waals surface area contributed by atoms with Crippen LogP contribution in [0.15, 0.2) is 6.20 Å². The van der Waals surface area contributed by atoms with Gasteiger partial charge in [0.2, 0.25) is 0 Å². The highest BCUT2D eigenvalue weighted by atomic mass is 15.1. The summed E-state index contributed by atoms with van der Waals surface area (Å²) in [6.45, 7) is 6.39. The molecule has 0 aliphatic carbocycles. The van der Waals surface area contributed by atoms with E-state index in [0.717, 1.165) is 12.4 Å². The van der Waals surface area contributed by atoms with Crippen LogP contribution in [0, 0.1) is 6.92 Å². The van der Waals surface area contributed by atoms with Crippen molar-refractivity contribution in [3.05, 3.63) is 17.7 Å². The largest absolute Gasteiger partial charge is 0.345 e. The van der Waals surface area contributed by atoms with Gasteiger partial charge in [-0.25, -0.2) is 4.98 Å². The zero-order valence-corrected chi connectivity index (χ0v) is 10.5. The van der Waals surface area contributed by atoms with Gasteiger partial charge < -0.3 is 15.2 Å². The van der Waals surface area contributed by atoms with E-state index in [2.05, 4.69) is 34.2 Å². The Morgan fingerprint density at radius 3 is 3.06 bits per heavy atom. The van der Waals surface area contributed by atoms with E-state index in [1.165, 1.54) is 25.1 Å². The van der Waals surface area contributed by atoms with Gasteiger partial charge in [0.1, 0.15) is 5.82 Å². The molecule has 1 saturated heterocycles. The second-order valence-corrected chi connectivity index (χ2v) is 4.93.